The van der Waals surface area contributed by atoms with E-state index in [0.29, 0.717) is 13.1 Å². The molecule has 0 aliphatic heterocycles. The smallest absolute Gasteiger partial charge is 0.260 e. The Morgan fingerprint density at radius 1 is 0.933 bits per heavy atom. The van der Waals surface area contributed by atoms with Crippen molar-refractivity contribution in [2.45, 2.75) is 20.9 Å². The van der Waals surface area contributed by atoms with Gasteiger partial charge in [-0.25, -0.2) is 4.67 Å². The van der Waals surface area contributed by atoms with Crippen LogP contribution in [0.3, 0.4) is 0 Å². The Morgan fingerprint density at radius 2 is 1.20 bits per heavy atom. The molecule has 0 aromatic heterocycles. The second-order valence-corrected chi connectivity index (χ2v) is 11.9. The summed E-state index contributed by atoms with van der Waals surface area (Å²) in [6.07, 6.45) is 0. The molecule has 0 rings (SSSR count). The molecule has 15 heavy (non-hydrogen) atoms. The van der Waals surface area contributed by atoms with Crippen LogP contribution in [0.1, 0.15) is 13.8 Å². The molecule has 2 nitrogen and oxygen atoms in total. The van der Waals surface area contributed by atoms with Gasteiger partial charge in [-0.2, -0.15) is 0 Å². The maximum Gasteiger partial charge on any atom is 0.260 e. The van der Waals surface area contributed by atoms with Gasteiger partial charge in [0, 0.05) is 13.1 Å². The van der Waals surface area contributed by atoms with Crippen LogP contribution >= 0.6 is 76.9 Å². The van der Waals surface area contributed by atoms with E-state index >= 15 is 0 Å². The van der Waals surface area contributed by atoms with Crippen LogP contribution in [0.2, 0.25) is 0 Å². The van der Waals surface area contributed by atoms with Crippen LogP contribution in [0, 0.1) is 0 Å². The zero-order valence-corrected chi connectivity index (χ0v) is 13.4. The molecule has 0 aromatic rings. The lowest BCUT2D eigenvalue weighted by Gasteiger charge is -2.38. The van der Waals surface area contributed by atoms with Gasteiger partial charge in [-0.05, 0) is 0 Å². The van der Waals surface area contributed by atoms with E-state index in [4.69, 9.17) is 69.6 Å². The molecule has 0 radical (unpaired) electrons. The van der Waals surface area contributed by atoms with E-state index in [0.717, 1.165) is 0 Å². The first kappa shape index (κ1) is 16.9. The van der Waals surface area contributed by atoms with Gasteiger partial charge in [-0.3, -0.25) is 4.57 Å². The highest BCUT2D eigenvalue weighted by molar-refractivity contribution is 7.76. The molecule has 92 valence electrons. The summed E-state index contributed by atoms with van der Waals surface area (Å²) in [5.41, 5.74) is 0. The van der Waals surface area contributed by atoms with E-state index in [1.807, 2.05) is 0 Å². The van der Waals surface area contributed by atoms with Crippen LogP contribution in [-0.4, -0.2) is 24.8 Å². The summed E-state index contributed by atoms with van der Waals surface area (Å²) >= 11 is 33.9. The highest BCUT2D eigenvalue weighted by atomic mass is 35.6. The summed E-state index contributed by atoms with van der Waals surface area (Å²) in [6, 6.07) is 0. The van der Waals surface area contributed by atoms with E-state index in [1.54, 1.807) is 13.8 Å². The highest BCUT2D eigenvalue weighted by Gasteiger charge is 2.60. The predicted octanol–water partition coefficient (Wildman–Crippen LogP) is 5.26. The normalized spacial score (nSPS) is 14.7. The van der Waals surface area contributed by atoms with Gasteiger partial charge >= 0.3 is 0 Å². The molecule has 0 atom stereocenters. The molecule has 9 heteroatoms. The Morgan fingerprint density at radius 3 is 1.27 bits per heavy atom. The van der Waals surface area contributed by atoms with Crippen molar-refractivity contribution in [1.82, 2.24) is 4.67 Å². The van der Waals surface area contributed by atoms with Crippen molar-refractivity contribution in [3.63, 3.8) is 0 Å². The van der Waals surface area contributed by atoms with Crippen LogP contribution in [-0.2, 0) is 4.57 Å². The molecule has 0 heterocycles. The maximum absolute atomic E-state index is 12.6. The maximum atomic E-state index is 12.6. The Bertz CT molecular complexity index is 237. The Kier molecular flexibility index (Phi) is 6.45. The average Bonchev–Trinajstić information content (AvgIpc) is 2.02. The van der Waals surface area contributed by atoms with Crippen molar-refractivity contribution in [1.29, 1.82) is 0 Å². The first-order valence-corrected chi connectivity index (χ1v) is 7.94. The molecule has 0 saturated carbocycles. The molecule has 0 amide bonds. The van der Waals surface area contributed by atoms with Crippen LogP contribution in [0.15, 0.2) is 0 Å². The number of rotatable bonds is 3. The molecular formula is C6H10Cl6NOP. The second-order valence-electron chi connectivity index (χ2n) is 2.65. The Hall–Kier alpha value is 1.93. The van der Waals surface area contributed by atoms with Crippen molar-refractivity contribution in [3.05, 3.63) is 0 Å². The van der Waals surface area contributed by atoms with Gasteiger partial charge < -0.3 is 0 Å². The fourth-order valence-electron chi connectivity index (χ4n) is 1.09. The molecule has 0 N–H and O–H groups in total. The first-order valence-electron chi connectivity index (χ1n) is 4.01. The number of hydrogen-bond donors (Lipinski definition) is 0. The van der Waals surface area contributed by atoms with Crippen LogP contribution < -0.4 is 0 Å². The lowest BCUT2D eigenvalue weighted by molar-refractivity contribution is 0.442. The summed E-state index contributed by atoms with van der Waals surface area (Å²) in [4.78, 5) is 0. The Labute approximate surface area is 119 Å². The number of nitrogens with zero attached hydrogens (tertiary/aromatic N) is 1. The Balaban J connectivity index is 5.52. The molecule has 0 saturated heterocycles. The van der Waals surface area contributed by atoms with Crippen molar-refractivity contribution in [2.75, 3.05) is 13.1 Å². The van der Waals surface area contributed by atoms with Gasteiger partial charge in [0.1, 0.15) is 0 Å². The van der Waals surface area contributed by atoms with Crippen molar-refractivity contribution in [3.8, 4) is 0 Å². The molecule has 0 unspecified atom stereocenters. The van der Waals surface area contributed by atoms with Gasteiger partial charge in [0.05, 0.1) is 0 Å². The summed E-state index contributed by atoms with van der Waals surface area (Å²) in [7, 11) is -3.77. The third-order valence-corrected chi connectivity index (χ3v) is 8.68. The minimum atomic E-state index is -3.77. The molecule has 0 spiro atoms. The quantitative estimate of drug-likeness (QED) is 0.508. The minimum Gasteiger partial charge on any atom is -0.297 e. The van der Waals surface area contributed by atoms with Crippen molar-refractivity contribution < 1.29 is 4.57 Å². The van der Waals surface area contributed by atoms with Gasteiger partial charge in [-0.15, -0.1) is 0 Å². The topological polar surface area (TPSA) is 20.3 Å². The van der Waals surface area contributed by atoms with Gasteiger partial charge in [0.25, 0.3) is 7.07 Å². The summed E-state index contributed by atoms with van der Waals surface area (Å²) in [5, 5.41) is 0. The molecular weight excluding hydrogens is 346 g/mol. The van der Waals surface area contributed by atoms with E-state index < -0.39 is 14.4 Å². The summed E-state index contributed by atoms with van der Waals surface area (Å²) in [6.45, 7) is 4.19. The van der Waals surface area contributed by atoms with E-state index in [-0.39, 0.29) is 0 Å². The van der Waals surface area contributed by atoms with E-state index in [2.05, 4.69) is 0 Å². The van der Waals surface area contributed by atoms with Crippen molar-refractivity contribution in [2.24, 2.45) is 0 Å². The van der Waals surface area contributed by atoms with Crippen LogP contribution in [0.5, 0.6) is 0 Å². The fourth-order valence-corrected chi connectivity index (χ4v) is 8.19. The molecule has 0 fully saturated rings. The molecule has 0 aliphatic carbocycles. The number of halogens is 6. The van der Waals surface area contributed by atoms with Gasteiger partial charge in [0.15, 0.2) is 0 Å². The lowest BCUT2D eigenvalue weighted by atomic mass is 10.7. The summed E-state index contributed by atoms with van der Waals surface area (Å²) < 4.78 is 9.65. The number of alkyl halides is 6. The summed E-state index contributed by atoms with van der Waals surface area (Å²) in [5.74, 6) is 0. The van der Waals surface area contributed by atoms with Gasteiger partial charge in [0.2, 0.25) is 7.29 Å². The zero-order chi connectivity index (χ0) is 12.5. The zero-order valence-electron chi connectivity index (χ0n) is 7.98. The third-order valence-electron chi connectivity index (χ3n) is 1.82. The molecule has 0 aliphatic rings. The van der Waals surface area contributed by atoms with E-state index in [1.165, 1.54) is 4.67 Å². The standard InChI is InChI=1S/C6H10Cl6NOP/c1-3-13(4-2)15(14,5(7,8)9)6(10,11)12/h3-4H2,1-2H3. The monoisotopic (exact) mass is 353 g/mol. The van der Waals surface area contributed by atoms with Crippen molar-refractivity contribution >= 4 is 76.9 Å². The van der Waals surface area contributed by atoms with Gasteiger partial charge in [-0.1, -0.05) is 83.5 Å². The average molecular weight is 356 g/mol. The SMILES string of the molecule is CCN(CC)P(=O)(C(Cl)(Cl)Cl)C(Cl)(Cl)Cl. The highest BCUT2D eigenvalue weighted by Crippen LogP contribution is 2.78. The largest absolute Gasteiger partial charge is 0.297 e. The van der Waals surface area contributed by atoms with Crippen LogP contribution in [0.25, 0.3) is 0 Å². The third kappa shape index (κ3) is 3.45. The molecule has 0 bridgehead atoms. The van der Waals surface area contributed by atoms with Crippen LogP contribution in [0.4, 0.5) is 0 Å². The van der Waals surface area contributed by atoms with E-state index in [9.17, 15) is 4.57 Å². The first-order chi connectivity index (χ1) is 6.52. The predicted molar refractivity (Wildman–Crippen MR) is 71.1 cm³/mol. The minimum absolute atomic E-state index is 0.357. The fraction of sp³-hybridized carbons (Fsp3) is 1.00. The molecule has 0 aromatic carbocycles. The second kappa shape index (κ2) is 5.71. The number of hydrogen-bond acceptors (Lipinski definition) is 1. The lowest BCUT2D eigenvalue weighted by Crippen LogP contribution is -2.32.